The normalized spacial score (nSPS) is 13.2. The van der Waals surface area contributed by atoms with Gasteiger partial charge < -0.3 is 9.47 Å². The highest BCUT2D eigenvalue weighted by molar-refractivity contribution is 8.00. The van der Waals surface area contributed by atoms with Crippen molar-refractivity contribution in [2.75, 3.05) is 19.0 Å². The maximum Gasteiger partial charge on any atom is 0.173 e. The lowest BCUT2D eigenvalue weighted by atomic mass is 10.1. The SMILES string of the molecule is Cn1ncc2c(SCC(=O)c3ccc4c(c3)OCCO4)ncnc21. The molecule has 0 amide bonds. The number of hydrogen-bond acceptors (Lipinski definition) is 7. The zero-order valence-electron chi connectivity index (χ0n) is 12.9. The Kier molecular flexibility index (Phi) is 3.81. The third-order valence-electron chi connectivity index (χ3n) is 3.70. The first-order valence-corrected chi connectivity index (χ1v) is 8.39. The van der Waals surface area contributed by atoms with Crippen LogP contribution in [-0.4, -0.2) is 44.5 Å². The van der Waals surface area contributed by atoms with E-state index in [2.05, 4.69) is 15.1 Å². The predicted molar refractivity (Wildman–Crippen MR) is 88.8 cm³/mol. The van der Waals surface area contributed by atoms with Crippen LogP contribution in [-0.2, 0) is 7.05 Å². The largest absolute Gasteiger partial charge is 0.486 e. The number of aryl methyl sites for hydroxylation is 1. The van der Waals surface area contributed by atoms with E-state index >= 15 is 0 Å². The lowest BCUT2D eigenvalue weighted by molar-refractivity contribution is 0.102. The fraction of sp³-hybridized carbons (Fsp3) is 0.250. The zero-order valence-corrected chi connectivity index (χ0v) is 13.7. The minimum Gasteiger partial charge on any atom is -0.486 e. The van der Waals surface area contributed by atoms with Crippen molar-refractivity contribution in [2.24, 2.45) is 7.05 Å². The molecule has 1 aliphatic rings. The van der Waals surface area contributed by atoms with Gasteiger partial charge in [-0.15, -0.1) is 0 Å². The third-order valence-corrected chi connectivity index (χ3v) is 4.70. The Labute approximate surface area is 142 Å². The number of ketones is 1. The number of benzene rings is 1. The summed E-state index contributed by atoms with van der Waals surface area (Å²) in [6.45, 7) is 1.03. The zero-order chi connectivity index (χ0) is 16.5. The monoisotopic (exact) mass is 342 g/mol. The lowest BCUT2D eigenvalue weighted by Gasteiger charge is -2.18. The van der Waals surface area contributed by atoms with Gasteiger partial charge in [-0.25, -0.2) is 9.97 Å². The lowest BCUT2D eigenvalue weighted by Crippen LogP contribution is -2.16. The van der Waals surface area contributed by atoms with Gasteiger partial charge in [0.25, 0.3) is 0 Å². The van der Waals surface area contributed by atoms with Crippen molar-refractivity contribution < 1.29 is 14.3 Å². The van der Waals surface area contributed by atoms with Crippen LogP contribution in [0.3, 0.4) is 0 Å². The second-order valence-electron chi connectivity index (χ2n) is 5.25. The van der Waals surface area contributed by atoms with E-state index in [1.165, 1.54) is 18.1 Å². The van der Waals surface area contributed by atoms with Crippen LogP contribution in [0.1, 0.15) is 10.4 Å². The molecule has 24 heavy (non-hydrogen) atoms. The molecule has 1 aromatic carbocycles. The van der Waals surface area contributed by atoms with Crippen LogP contribution < -0.4 is 9.47 Å². The summed E-state index contributed by atoms with van der Waals surface area (Å²) in [6.07, 6.45) is 3.20. The van der Waals surface area contributed by atoms with Gasteiger partial charge in [-0.2, -0.15) is 5.10 Å². The average molecular weight is 342 g/mol. The summed E-state index contributed by atoms with van der Waals surface area (Å²) >= 11 is 1.38. The summed E-state index contributed by atoms with van der Waals surface area (Å²) in [5.41, 5.74) is 1.35. The number of nitrogens with zero attached hydrogens (tertiary/aromatic N) is 4. The molecule has 3 heterocycles. The van der Waals surface area contributed by atoms with Gasteiger partial charge in [-0.05, 0) is 18.2 Å². The summed E-state index contributed by atoms with van der Waals surface area (Å²) in [7, 11) is 1.82. The van der Waals surface area contributed by atoms with Gasteiger partial charge in [0, 0.05) is 12.6 Å². The van der Waals surface area contributed by atoms with E-state index in [1.807, 2.05) is 7.05 Å². The molecular weight excluding hydrogens is 328 g/mol. The highest BCUT2D eigenvalue weighted by Crippen LogP contribution is 2.31. The van der Waals surface area contributed by atoms with Crippen molar-refractivity contribution in [3.8, 4) is 11.5 Å². The van der Waals surface area contributed by atoms with Crippen LogP contribution in [0.15, 0.2) is 35.7 Å². The molecule has 0 fully saturated rings. The number of rotatable bonds is 4. The summed E-state index contributed by atoms with van der Waals surface area (Å²) in [4.78, 5) is 20.9. The van der Waals surface area contributed by atoms with Crippen LogP contribution in [0.25, 0.3) is 11.0 Å². The quantitative estimate of drug-likeness (QED) is 0.408. The molecule has 0 radical (unpaired) electrons. The number of aromatic nitrogens is 4. The van der Waals surface area contributed by atoms with Crippen LogP contribution >= 0.6 is 11.8 Å². The van der Waals surface area contributed by atoms with Crippen molar-refractivity contribution in [2.45, 2.75) is 5.03 Å². The van der Waals surface area contributed by atoms with E-state index in [0.29, 0.717) is 30.3 Å². The molecule has 0 atom stereocenters. The minimum absolute atomic E-state index is 0.00706. The molecule has 0 spiro atoms. The molecule has 3 aromatic rings. The van der Waals surface area contributed by atoms with Gasteiger partial charge in [-0.3, -0.25) is 9.48 Å². The Hall–Kier alpha value is -2.61. The van der Waals surface area contributed by atoms with E-state index in [0.717, 1.165) is 16.1 Å². The molecule has 0 unspecified atom stereocenters. The molecule has 0 N–H and O–H groups in total. The summed E-state index contributed by atoms with van der Waals surface area (Å²) < 4.78 is 12.7. The summed E-state index contributed by atoms with van der Waals surface area (Å²) in [5.74, 6) is 1.58. The topological polar surface area (TPSA) is 79.1 Å². The van der Waals surface area contributed by atoms with Crippen molar-refractivity contribution >= 4 is 28.6 Å². The first kappa shape index (κ1) is 14.9. The maximum absolute atomic E-state index is 12.5. The average Bonchev–Trinajstić information content (AvgIpc) is 3.01. The van der Waals surface area contributed by atoms with Crippen molar-refractivity contribution in [3.63, 3.8) is 0 Å². The highest BCUT2D eigenvalue weighted by Gasteiger charge is 2.16. The number of ether oxygens (including phenoxy) is 2. The smallest absolute Gasteiger partial charge is 0.173 e. The first-order chi connectivity index (χ1) is 11.7. The standard InChI is InChI=1S/C16H14N4O3S/c1-20-15-11(7-19-20)16(18-9-17-15)24-8-12(21)10-2-3-13-14(6-10)23-5-4-22-13/h2-3,6-7,9H,4-5,8H2,1H3. The van der Waals surface area contributed by atoms with E-state index in [-0.39, 0.29) is 11.5 Å². The Balaban J connectivity index is 1.52. The summed E-state index contributed by atoms with van der Waals surface area (Å²) in [5, 5.41) is 5.77. The molecule has 7 nitrogen and oxygen atoms in total. The Morgan fingerprint density at radius 3 is 2.96 bits per heavy atom. The van der Waals surface area contributed by atoms with Crippen molar-refractivity contribution in [1.29, 1.82) is 0 Å². The van der Waals surface area contributed by atoms with Gasteiger partial charge in [0.1, 0.15) is 24.6 Å². The molecule has 0 saturated carbocycles. The predicted octanol–water partition coefficient (Wildman–Crippen LogP) is 2.11. The first-order valence-electron chi connectivity index (χ1n) is 7.41. The van der Waals surface area contributed by atoms with E-state index < -0.39 is 0 Å². The molecular formula is C16H14N4O3S. The van der Waals surface area contributed by atoms with Crippen molar-refractivity contribution in [1.82, 2.24) is 19.7 Å². The number of carbonyl (C=O) groups excluding carboxylic acids is 1. The van der Waals surface area contributed by atoms with Crippen molar-refractivity contribution in [3.05, 3.63) is 36.3 Å². The van der Waals surface area contributed by atoms with Crippen LogP contribution in [0.2, 0.25) is 0 Å². The molecule has 8 heteroatoms. The van der Waals surface area contributed by atoms with E-state index in [9.17, 15) is 4.79 Å². The van der Waals surface area contributed by atoms with Gasteiger partial charge in [0.2, 0.25) is 0 Å². The summed E-state index contributed by atoms with van der Waals surface area (Å²) in [6, 6.07) is 5.27. The van der Waals surface area contributed by atoms with Gasteiger partial charge >= 0.3 is 0 Å². The van der Waals surface area contributed by atoms with E-state index in [1.54, 1.807) is 29.1 Å². The fourth-order valence-corrected chi connectivity index (χ4v) is 3.35. The number of Topliss-reactive ketones (excluding diaryl/α,β-unsaturated/α-hetero) is 1. The second kappa shape index (κ2) is 6.12. The molecule has 4 rings (SSSR count). The molecule has 1 aliphatic heterocycles. The molecule has 0 bridgehead atoms. The number of carbonyl (C=O) groups is 1. The Bertz CT molecular complexity index is 925. The van der Waals surface area contributed by atoms with Gasteiger partial charge in [-0.1, -0.05) is 11.8 Å². The Morgan fingerprint density at radius 1 is 1.25 bits per heavy atom. The minimum atomic E-state index is 0.00706. The Morgan fingerprint density at radius 2 is 2.08 bits per heavy atom. The second-order valence-corrected chi connectivity index (χ2v) is 6.22. The van der Waals surface area contributed by atoms with E-state index in [4.69, 9.17) is 9.47 Å². The maximum atomic E-state index is 12.5. The molecule has 122 valence electrons. The van der Waals surface area contributed by atoms with Gasteiger partial charge in [0.05, 0.1) is 17.3 Å². The molecule has 2 aromatic heterocycles. The fourth-order valence-electron chi connectivity index (χ4n) is 2.49. The highest BCUT2D eigenvalue weighted by atomic mass is 32.2. The molecule has 0 aliphatic carbocycles. The molecule has 0 saturated heterocycles. The number of thioether (sulfide) groups is 1. The van der Waals surface area contributed by atoms with Crippen LogP contribution in [0, 0.1) is 0 Å². The third kappa shape index (κ3) is 2.69. The van der Waals surface area contributed by atoms with Gasteiger partial charge in [0.15, 0.2) is 22.9 Å². The number of fused-ring (bicyclic) bond motifs is 2. The van der Waals surface area contributed by atoms with Crippen LogP contribution in [0.4, 0.5) is 0 Å². The van der Waals surface area contributed by atoms with Crippen LogP contribution in [0.5, 0.6) is 11.5 Å². The number of hydrogen-bond donors (Lipinski definition) is 0.